The van der Waals surface area contributed by atoms with Crippen molar-refractivity contribution in [2.24, 2.45) is 0 Å². The van der Waals surface area contributed by atoms with Gasteiger partial charge in [-0.05, 0) is 60.2 Å². The van der Waals surface area contributed by atoms with E-state index < -0.39 is 0 Å². The molecule has 1 N–H and O–H groups in total. The largest absolute Gasteiger partial charge is 0.312 e. The lowest BCUT2D eigenvalue weighted by Gasteiger charge is -2.35. The van der Waals surface area contributed by atoms with Crippen molar-refractivity contribution in [3.63, 3.8) is 0 Å². The Morgan fingerprint density at radius 2 is 1.93 bits per heavy atom. The molecule has 1 fully saturated rings. The molecule has 0 spiro atoms. The molecule has 1 aliphatic rings. The molecular weight excluding hydrogens is 172 g/mol. The van der Waals surface area contributed by atoms with Crippen molar-refractivity contribution in [1.29, 1.82) is 0 Å². The third-order valence-electron chi connectivity index (χ3n) is 3.04. The predicted octanol–water partition coefficient (Wildman–Crippen LogP) is 2.25. The molecule has 2 nitrogen and oxygen atoms in total. The molecule has 84 valence electrons. The maximum Gasteiger partial charge on any atom is 0.00965 e. The van der Waals surface area contributed by atoms with Gasteiger partial charge in [0.1, 0.15) is 0 Å². The van der Waals surface area contributed by atoms with Gasteiger partial charge in [-0.1, -0.05) is 6.42 Å². The van der Waals surface area contributed by atoms with Crippen LogP contribution in [0.3, 0.4) is 0 Å². The highest BCUT2D eigenvalue weighted by molar-refractivity contribution is 4.78. The van der Waals surface area contributed by atoms with Crippen LogP contribution in [0.5, 0.6) is 0 Å². The molecule has 1 saturated carbocycles. The maximum absolute atomic E-state index is 3.53. The third-order valence-corrected chi connectivity index (χ3v) is 3.04. The Labute approximate surface area is 89.1 Å². The molecule has 0 aromatic carbocycles. The van der Waals surface area contributed by atoms with Gasteiger partial charge in [0.05, 0.1) is 0 Å². The van der Waals surface area contributed by atoms with E-state index in [9.17, 15) is 0 Å². The van der Waals surface area contributed by atoms with E-state index in [2.05, 4.69) is 38.0 Å². The minimum Gasteiger partial charge on any atom is -0.312 e. The lowest BCUT2D eigenvalue weighted by Crippen LogP contribution is -2.40. The molecule has 0 unspecified atom stereocenters. The Kier molecular flexibility index (Phi) is 4.39. The first-order valence-corrected chi connectivity index (χ1v) is 5.94. The van der Waals surface area contributed by atoms with Gasteiger partial charge in [0.25, 0.3) is 0 Å². The molecule has 0 atom stereocenters. The van der Waals surface area contributed by atoms with Gasteiger partial charge in [0.15, 0.2) is 0 Å². The minimum atomic E-state index is 0.273. The van der Waals surface area contributed by atoms with E-state index >= 15 is 0 Å². The molecule has 0 aromatic heterocycles. The second-order valence-corrected chi connectivity index (χ2v) is 5.60. The summed E-state index contributed by atoms with van der Waals surface area (Å²) >= 11 is 0. The average Bonchev–Trinajstić information content (AvgIpc) is 1.92. The first-order chi connectivity index (χ1) is 6.49. The zero-order chi connectivity index (χ0) is 10.6. The summed E-state index contributed by atoms with van der Waals surface area (Å²) in [6, 6.07) is 0.893. The highest BCUT2D eigenvalue weighted by atomic mass is 15.1. The van der Waals surface area contributed by atoms with Gasteiger partial charge in [-0.2, -0.15) is 0 Å². The van der Waals surface area contributed by atoms with Crippen LogP contribution < -0.4 is 5.32 Å². The zero-order valence-electron chi connectivity index (χ0n) is 10.3. The van der Waals surface area contributed by atoms with Crippen molar-refractivity contribution in [3.8, 4) is 0 Å². The van der Waals surface area contributed by atoms with E-state index in [1.807, 2.05) is 0 Å². The van der Waals surface area contributed by atoms with Crippen LogP contribution in [0.15, 0.2) is 0 Å². The van der Waals surface area contributed by atoms with Gasteiger partial charge in [0, 0.05) is 11.6 Å². The molecule has 0 radical (unpaired) electrons. The summed E-state index contributed by atoms with van der Waals surface area (Å²) in [7, 11) is 2.26. The van der Waals surface area contributed by atoms with E-state index in [0.29, 0.717) is 0 Å². The Morgan fingerprint density at radius 1 is 1.29 bits per heavy atom. The molecule has 0 aliphatic heterocycles. The number of rotatable bonds is 5. The van der Waals surface area contributed by atoms with E-state index in [0.717, 1.165) is 12.6 Å². The maximum atomic E-state index is 3.53. The lowest BCUT2D eigenvalue weighted by molar-refractivity contribution is 0.157. The van der Waals surface area contributed by atoms with Gasteiger partial charge in [0.2, 0.25) is 0 Å². The van der Waals surface area contributed by atoms with E-state index in [-0.39, 0.29) is 5.54 Å². The SMILES string of the molecule is CN(CCCNC(C)(C)C)C1CCC1. The first kappa shape index (κ1) is 12.0. The van der Waals surface area contributed by atoms with Crippen LogP contribution in [-0.4, -0.2) is 36.6 Å². The van der Waals surface area contributed by atoms with Crippen molar-refractivity contribution < 1.29 is 0 Å². The lowest BCUT2D eigenvalue weighted by atomic mass is 9.92. The van der Waals surface area contributed by atoms with Gasteiger partial charge in [-0.15, -0.1) is 0 Å². The quantitative estimate of drug-likeness (QED) is 0.682. The van der Waals surface area contributed by atoms with Gasteiger partial charge < -0.3 is 10.2 Å². The number of nitrogens with one attached hydrogen (secondary N) is 1. The first-order valence-electron chi connectivity index (χ1n) is 5.94. The third kappa shape index (κ3) is 4.43. The van der Waals surface area contributed by atoms with Crippen molar-refractivity contribution >= 4 is 0 Å². The normalized spacial score (nSPS) is 18.6. The number of nitrogens with zero attached hydrogens (tertiary/aromatic N) is 1. The summed E-state index contributed by atoms with van der Waals surface area (Å²) in [5, 5.41) is 3.53. The number of hydrogen-bond donors (Lipinski definition) is 1. The summed E-state index contributed by atoms with van der Waals surface area (Å²) < 4.78 is 0. The second-order valence-electron chi connectivity index (χ2n) is 5.60. The fourth-order valence-electron chi connectivity index (χ4n) is 1.80. The molecule has 0 aromatic rings. The average molecular weight is 198 g/mol. The van der Waals surface area contributed by atoms with Crippen molar-refractivity contribution in [3.05, 3.63) is 0 Å². The van der Waals surface area contributed by atoms with E-state index in [4.69, 9.17) is 0 Å². The molecule has 2 heteroatoms. The van der Waals surface area contributed by atoms with E-state index in [1.165, 1.54) is 32.2 Å². The molecular formula is C12H26N2. The molecule has 0 saturated heterocycles. The Bertz CT molecular complexity index is 156. The Morgan fingerprint density at radius 3 is 2.36 bits per heavy atom. The summed E-state index contributed by atoms with van der Waals surface area (Å²) in [6.45, 7) is 9.06. The van der Waals surface area contributed by atoms with Crippen LogP contribution in [0.1, 0.15) is 46.5 Å². The summed E-state index contributed by atoms with van der Waals surface area (Å²) in [4.78, 5) is 2.52. The fraction of sp³-hybridized carbons (Fsp3) is 1.00. The Balaban J connectivity index is 1.97. The van der Waals surface area contributed by atoms with Crippen LogP contribution >= 0.6 is 0 Å². The highest BCUT2D eigenvalue weighted by Crippen LogP contribution is 2.23. The molecule has 0 amide bonds. The molecule has 1 aliphatic carbocycles. The molecule has 1 rings (SSSR count). The summed E-state index contributed by atoms with van der Waals surface area (Å²) in [5.41, 5.74) is 0.273. The van der Waals surface area contributed by atoms with Crippen molar-refractivity contribution in [2.75, 3.05) is 20.1 Å². The monoisotopic (exact) mass is 198 g/mol. The Hall–Kier alpha value is -0.0800. The second kappa shape index (κ2) is 5.13. The standard InChI is InChI=1S/C12H26N2/c1-12(2,3)13-9-6-10-14(4)11-7-5-8-11/h11,13H,5-10H2,1-4H3. The zero-order valence-corrected chi connectivity index (χ0v) is 10.3. The molecule has 0 bridgehead atoms. The van der Waals surface area contributed by atoms with Gasteiger partial charge in [-0.25, -0.2) is 0 Å². The van der Waals surface area contributed by atoms with Crippen LogP contribution in [0.4, 0.5) is 0 Å². The van der Waals surface area contributed by atoms with Crippen molar-refractivity contribution in [1.82, 2.24) is 10.2 Å². The molecule has 14 heavy (non-hydrogen) atoms. The van der Waals surface area contributed by atoms with Gasteiger partial charge in [-0.3, -0.25) is 0 Å². The number of hydrogen-bond acceptors (Lipinski definition) is 2. The predicted molar refractivity (Wildman–Crippen MR) is 62.6 cm³/mol. The van der Waals surface area contributed by atoms with Crippen LogP contribution in [0.25, 0.3) is 0 Å². The van der Waals surface area contributed by atoms with E-state index in [1.54, 1.807) is 0 Å². The molecule has 0 heterocycles. The smallest absolute Gasteiger partial charge is 0.00965 e. The van der Waals surface area contributed by atoms with Crippen LogP contribution in [-0.2, 0) is 0 Å². The van der Waals surface area contributed by atoms with Gasteiger partial charge >= 0.3 is 0 Å². The van der Waals surface area contributed by atoms with Crippen molar-refractivity contribution in [2.45, 2.75) is 58.0 Å². The minimum absolute atomic E-state index is 0.273. The highest BCUT2D eigenvalue weighted by Gasteiger charge is 2.21. The fourth-order valence-corrected chi connectivity index (χ4v) is 1.80. The van der Waals surface area contributed by atoms with Crippen LogP contribution in [0.2, 0.25) is 0 Å². The summed E-state index contributed by atoms with van der Waals surface area (Å²) in [6.07, 6.45) is 5.55. The topological polar surface area (TPSA) is 15.3 Å². The summed E-state index contributed by atoms with van der Waals surface area (Å²) in [5.74, 6) is 0. The van der Waals surface area contributed by atoms with Crippen LogP contribution in [0, 0.1) is 0 Å².